The Morgan fingerprint density at radius 3 is 2.46 bits per heavy atom. The molecule has 2 aliphatic carbocycles. The van der Waals surface area contributed by atoms with E-state index in [0.717, 1.165) is 35.4 Å². The molecule has 0 fully saturated rings. The second-order valence-corrected chi connectivity index (χ2v) is 7.99. The number of halogens is 1. The third kappa shape index (κ3) is 2.58. The van der Waals surface area contributed by atoms with Crippen LogP contribution in [0.25, 0.3) is 22.3 Å². The van der Waals surface area contributed by atoms with Crippen LogP contribution in [0.1, 0.15) is 28.7 Å². The van der Waals surface area contributed by atoms with Gasteiger partial charge in [-0.05, 0) is 65.5 Å². The molecular formula is C24H22ClN. The van der Waals surface area contributed by atoms with Gasteiger partial charge in [-0.15, -0.1) is 0 Å². The standard InChI is InChI=1S/C24H22ClN/c25-24-21(17-11-10-16-13-19(26)14-18(16)12-17)7-3-9-23(24)22-8-2-5-15-4-1-6-20(15)22/h2-3,5,7-12,19H,1,4,6,13-14,26H2. The molecule has 26 heavy (non-hydrogen) atoms. The molecule has 0 aromatic heterocycles. The minimum atomic E-state index is 0.258. The van der Waals surface area contributed by atoms with Gasteiger partial charge in [0.05, 0.1) is 5.02 Å². The predicted molar refractivity (Wildman–Crippen MR) is 110 cm³/mol. The van der Waals surface area contributed by atoms with Crippen molar-refractivity contribution in [2.24, 2.45) is 5.73 Å². The topological polar surface area (TPSA) is 26.0 Å². The van der Waals surface area contributed by atoms with Gasteiger partial charge in [-0.3, -0.25) is 0 Å². The number of hydrogen-bond acceptors (Lipinski definition) is 1. The molecule has 1 nitrogen and oxygen atoms in total. The molecule has 1 unspecified atom stereocenters. The number of fused-ring (bicyclic) bond motifs is 2. The molecule has 1 atom stereocenters. The lowest BCUT2D eigenvalue weighted by atomic mass is 9.93. The van der Waals surface area contributed by atoms with Gasteiger partial charge in [0.1, 0.15) is 0 Å². The molecule has 0 saturated carbocycles. The first-order chi connectivity index (χ1) is 12.7. The zero-order chi connectivity index (χ0) is 17.7. The van der Waals surface area contributed by atoms with E-state index in [-0.39, 0.29) is 6.04 Å². The quantitative estimate of drug-likeness (QED) is 0.634. The zero-order valence-electron chi connectivity index (χ0n) is 14.8. The maximum absolute atomic E-state index is 6.93. The molecule has 0 radical (unpaired) electrons. The van der Waals surface area contributed by atoms with Crippen LogP contribution in [0.4, 0.5) is 0 Å². The molecule has 3 aromatic carbocycles. The van der Waals surface area contributed by atoms with E-state index in [0.29, 0.717) is 0 Å². The maximum Gasteiger partial charge on any atom is 0.0562 e. The van der Waals surface area contributed by atoms with Crippen molar-refractivity contribution >= 4 is 11.6 Å². The summed E-state index contributed by atoms with van der Waals surface area (Å²) in [5.74, 6) is 0. The molecule has 0 saturated heterocycles. The van der Waals surface area contributed by atoms with Gasteiger partial charge in [0, 0.05) is 17.2 Å². The summed E-state index contributed by atoms with van der Waals surface area (Å²) in [5, 5.41) is 0.857. The van der Waals surface area contributed by atoms with Gasteiger partial charge < -0.3 is 5.73 Å². The fraction of sp³-hybridized carbons (Fsp3) is 0.250. The van der Waals surface area contributed by atoms with E-state index in [1.54, 1.807) is 0 Å². The number of nitrogens with two attached hydrogens (primary N) is 1. The summed E-state index contributed by atoms with van der Waals surface area (Å²) in [7, 11) is 0. The van der Waals surface area contributed by atoms with E-state index >= 15 is 0 Å². The SMILES string of the molecule is NC1Cc2ccc(-c3cccc(-c4cccc5c4CCC5)c3Cl)cc2C1. The second kappa shape index (κ2) is 6.26. The zero-order valence-corrected chi connectivity index (χ0v) is 15.5. The fourth-order valence-corrected chi connectivity index (χ4v) is 4.99. The van der Waals surface area contributed by atoms with Crippen molar-refractivity contribution in [1.29, 1.82) is 0 Å². The van der Waals surface area contributed by atoms with Gasteiger partial charge in [0.25, 0.3) is 0 Å². The van der Waals surface area contributed by atoms with Crippen molar-refractivity contribution in [3.05, 3.63) is 81.9 Å². The van der Waals surface area contributed by atoms with Crippen LogP contribution >= 0.6 is 11.6 Å². The number of aryl methyl sites for hydroxylation is 1. The van der Waals surface area contributed by atoms with Gasteiger partial charge in [-0.1, -0.05) is 66.2 Å². The molecule has 0 spiro atoms. The molecule has 0 amide bonds. The van der Waals surface area contributed by atoms with Crippen molar-refractivity contribution in [3.63, 3.8) is 0 Å². The molecule has 2 aliphatic rings. The molecule has 3 aromatic rings. The number of hydrogen-bond donors (Lipinski definition) is 1. The molecule has 2 heteroatoms. The van der Waals surface area contributed by atoms with E-state index in [1.165, 1.54) is 46.2 Å². The van der Waals surface area contributed by atoms with Crippen LogP contribution in [-0.2, 0) is 25.7 Å². The Balaban J connectivity index is 1.62. The third-order valence-electron chi connectivity index (χ3n) is 5.92. The Morgan fingerprint density at radius 1 is 0.769 bits per heavy atom. The minimum Gasteiger partial charge on any atom is -0.327 e. The van der Waals surface area contributed by atoms with Gasteiger partial charge in [-0.25, -0.2) is 0 Å². The first-order valence-electron chi connectivity index (χ1n) is 9.48. The molecule has 5 rings (SSSR count). The predicted octanol–water partition coefficient (Wildman–Crippen LogP) is 5.59. The second-order valence-electron chi connectivity index (χ2n) is 7.62. The van der Waals surface area contributed by atoms with Crippen molar-refractivity contribution in [2.45, 2.75) is 38.1 Å². The Morgan fingerprint density at radius 2 is 1.54 bits per heavy atom. The lowest BCUT2D eigenvalue weighted by molar-refractivity contribution is 0.721. The van der Waals surface area contributed by atoms with E-state index in [9.17, 15) is 0 Å². The molecule has 130 valence electrons. The van der Waals surface area contributed by atoms with E-state index in [2.05, 4.69) is 54.6 Å². The Hall–Kier alpha value is -2.09. The van der Waals surface area contributed by atoms with Crippen LogP contribution in [0.3, 0.4) is 0 Å². The van der Waals surface area contributed by atoms with Crippen LogP contribution in [0.5, 0.6) is 0 Å². The van der Waals surface area contributed by atoms with Crippen molar-refractivity contribution in [2.75, 3.05) is 0 Å². The summed E-state index contributed by atoms with van der Waals surface area (Å²) in [5.41, 5.74) is 16.6. The normalized spacial score (nSPS) is 18.0. The van der Waals surface area contributed by atoms with Gasteiger partial charge in [0.15, 0.2) is 0 Å². The summed E-state index contributed by atoms with van der Waals surface area (Å²) in [6.45, 7) is 0. The number of benzene rings is 3. The summed E-state index contributed by atoms with van der Waals surface area (Å²) >= 11 is 6.93. The first kappa shape index (κ1) is 16.1. The average Bonchev–Trinajstić information content (AvgIpc) is 3.26. The highest BCUT2D eigenvalue weighted by Crippen LogP contribution is 2.41. The monoisotopic (exact) mass is 359 g/mol. The Bertz CT molecular complexity index is 1010. The summed E-state index contributed by atoms with van der Waals surface area (Å²) in [6, 6.07) is 20.0. The van der Waals surface area contributed by atoms with Crippen molar-refractivity contribution in [1.82, 2.24) is 0 Å². The Labute approximate surface area is 159 Å². The Kier molecular flexibility index (Phi) is 3.88. The highest BCUT2D eigenvalue weighted by atomic mass is 35.5. The molecule has 0 bridgehead atoms. The van der Waals surface area contributed by atoms with Crippen LogP contribution in [-0.4, -0.2) is 6.04 Å². The van der Waals surface area contributed by atoms with Crippen molar-refractivity contribution in [3.8, 4) is 22.3 Å². The van der Waals surface area contributed by atoms with E-state index in [4.69, 9.17) is 17.3 Å². The van der Waals surface area contributed by atoms with Crippen LogP contribution in [0.15, 0.2) is 54.6 Å². The lowest BCUT2D eigenvalue weighted by Gasteiger charge is -2.14. The van der Waals surface area contributed by atoms with E-state index < -0.39 is 0 Å². The summed E-state index contributed by atoms with van der Waals surface area (Å²) < 4.78 is 0. The molecular weight excluding hydrogens is 338 g/mol. The third-order valence-corrected chi connectivity index (χ3v) is 6.32. The largest absolute Gasteiger partial charge is 0.327 e. The van der Waals surface area contributed by atoms with E-state index in [1.807, 2.05) is 0 Å². The van der Waals surface area contributed by atoms with Gasteiger partial charge in [-0.2, -0.15) is 0 Å². The fourth-order valence-electron chi connectivity index (χ4n) is 4.65. The number of rotatable bonds is 2. The molecule has 0 aliphatic heterocycles. The van der Waals surface area contributed by atoms with Gasteiger partial charge in [0.2, 0.25) is 0 Å². The van der Waals surface area contributed by atoms with Crippen LogP contribution in [0, 0.1) is 0 Å². The highest BCUT2D eigenvalue weighted by Gasteiger charge is 2.21. The van der Waals surface area contributed by atoms with Crippen LogP contribution < -0.4 is 5.73 Å². The molecule has 2 N–H and O–H groups in total. The lowest BCUT2D eigenvalue weighted by Crippen LogP contribution is -2.18. The average molecular weight is 360 g/mol. The minimum absolute atomic E-state index is 0.258. The van der Waals surface area contributed by atoms with Crippen LogP contribution in [0.2, 0.25) is 5.02 Å². The first-order valence-corrected chi connectivity index (χ1v) is 9.86. The van der Waals surface area contributed by atoms with Crippen molar-refractivity contribution < 1.29 is 0 Å². The highest BCUT2D eigenvalue weighted by molar-refractivity contribution is 6.36. The maximum atomic E-state index is 6.93. The molecule has 0 heterocycles. The van der Waals surface area contributed by atoms with Gasteiger partial charge >= 0.3 is 0 Å². The summed E-state index contributed by atoms with van der Waals surface area (Å²) in [4.78, 5) is 0. The summed E-state index contributed by atoms with van der Waals surface area (Å²) in [6.07, 6.45) is 5.54. The smallest absolute Gasteiger partial charge is 0.0562 e.